The van der Waals surface area contributed by atoms with E-state index >= 15 is 0 Å². The van der Waals surface area contributed by atoms with E-state index in [2.05, 4.69) is 26.8 Å². The van der Waals surface area contributed by atoms with Crippen molar-refractivity contribution in [3.63, 3.8) is 0 Å². The van der Waals surface area contributed by atoms with Crippen molar-refractivity contribution in [2.45, 2.75) is 6.42 Å². The molecule has 8 heteroatoms. The summed E-state index contributed by atoms with van der Waals surface area (Å²) in [5, 5.41) is 0. The number of halogens is 1. The van der Waals surface area contributed by atoms with E-state index < -0.39 is 17.7 Å². The third-order valence-electron chi connectivity index (χ3n) is 4.27. The molecule has 1 saturated heterocycles. The Morgan fingerprint density at radius 1 is 1.15 bits per heavy atom. The molecule has 0 spiro atoms. The molecule has 2 aromatic rings. The molecule has 0 aromatic heterocycles. The molecule has 0 unspecified atom stereocenters. The fraction of sp³-hybridized carbons (Fsp3) is 0.211. The lowest BCUT2D eigenvalue weighted by Crippen LogP contribution is -2.45. The van der Waals surface area contributed by atoms with Gasteiger partial charge in [0.2, 0.25) is 11.8 Å². The van der Waals surface area contributed by atoms with Gasteiger partial charge in [-0.05, 0) is 42.5 Å². The summed E-state index contributed by atoms with van der Waals surface area (Å²) in [5.74, 6) is -0.987. The second kappa shape index (κ2) is 8.22. The van der Waals surface area contributed by atoms with Crippen LogP contribution in [0.1, 0.15) is 16.8 Å². The van der Waals surface area contributed by atoms with E-state index in [1.165, 1.54) is 7.11 Å². The van der Waals surface area contributed by atoms with Crippen LogP contribution in [-0.4, -0.2) is 31.4 Å². The van der Waals surface area contributed by atoms with Crippen molar-refractivity contribution >= 4 is 39.3 Å². The van der Waals surface area contributed by atoms with E-state index in [0.717, 1.165) is 10.2 Å². The molecule has 1 aliphatic rings. The maximum atomic E-state index is 12.3. The second-order valence-corrected chi connectivity index (χ2v) is 6.97. The molecule has 1 aliphatic heterocycles. The maximum Gasteiger partial charge on any atom is 0.269 e. The number of nitrogens with zero attached hydrogens (tertiary/aromatic N) is 1. The molecule has 1 heterocycles. The van der Waals surface area contributed by atoms with Crippen LogP contribution in [0.3, 0.4) is 0 Å². The summed E-state index contributed by atoms with van der Waals surface area (Å²) >= 11 is 3.35. The van der Waals surface area contributed by atoms with E-state index in [-0.39, 0.29) is 18.9 Å². The molecule has 7 nitrogen and oxygen atoms in total. The van der Waals surface area contributed by atoms with Crippen molar-refractivity contribution in [3.8, 4) is 5.75 Å². The van der Waals surface area contributed by atoms with Gasteiger partial charge < -0.3 is 9.64 Å². The summed E-state index contributed by atoms with van der Waals surface area (Å²) in [6.07, 6.45) is 0.0942. The van der Waals surface area contributed by atoms with E-state index in [4.69, 9.17) is 4.74 Å². The second-order valence-electron chi connectivity index (χ2n) is 6.06. The van der Waals surface area contributed by atoms with Gasteiger partial charge in [-0.3, -0.25) is 25.2 Å². The van der Waals surface area contributed by atoms with Crippen molar-refractivity contribution in [2.75, 3.05) is 18.6 Å². The standard InChI is InChI=1S/C19H18BrN3O4/c1-27-16-4-2-3-12(9-16)18(25)21-22-19(26)13-10-17(24)23(11-13)15-7-5-14(20)6-8-15/h2-9,13H,10-11H2,1H3,(H,21,25)(H,22,26)/t13-/m1/s1. The van der Waals surface area contributed by atoms with Crippen molar-refractivity contribution in [3.05, 3.63) is 58.6 Å². The average molecular weight is 432 g/mol. The summed E-state index contributed by atoms with van der Waals surface area (Å²) in [5.41, 5.74) is 5.86. The molecule has 0 radical (unpaired) electrons. The summed E-state index contributed by atoms with van der Waals surface area (Å²) in [6.45, 7) is 0.265. The quantitative estimate of drug-likeness (QED) is 0.726. The van der Waals surface area contributed by atoms with Crippen LogP contribution in [0.5, 0.6) is 5.75 Å². The van der Waals surface area contributed by atoms with Gasteiger partial charge in [0.05, 0.1) is 13.0 Å². The molecule has 0 aliphatic carbocycles. The van der Waals surface area contributed by atoms with Gasteiger partial charge in [0.15, 0.2) is 0 Å². The molecule has 140 valence electrons. The molecule has 0 bridgehead atoms. The third kappa shape index (κ3) is 4.46. The van der Waals surface area contributed by atoms with Crippen molar-refractivity contribution in [1.29, 1.82) is 0 Å². The average Bonchev–Trinajstić information content (AvgIpc) is 3.08. The Morgan fingerprint density at radius 3 is 2.59 bits per heavy atom. The minimum absolute atomic E-state index is 0.0942. The van der Waals surface area contributed by atoms with Crippen LogP contribution in [0.25, 0.3) is 0 Å². The Morgan fingerprint density at radius 2 is 1.89 bits per heavy atom. The minimum Gasteiger partial charge on any atom is -0.497 e. The lowest BCUT2D eigenvalue weighted by molar-refractivity contribution is -0.126. The fourth-order valence-corrected chi connectivity index (χ4v) is 3.08. The Bertz CT molecular complexity index is 870. The van der Waals surface area contributed by atoms with Crippen LogP contribution >= 0.6 is 15.9 Å². The number of hydrogen-bond donors (Lipinski definition) is 2. The first kappa shape index (κ1) is 18.9. The smallest absolute Gasteiger partial charge is 0.269 e. The van der Waals surface area contributed by atoms with Gasteiger partial charge in [-0.15, -0.1) is 0 Å². The Hall–Kier alpha value is -2.87. The monoisotopic (exact) mass is 431 g/mol. The van der Waals surface area contributed by atoms with Crippen LogP contribution < -0.4 is 20.5 Å². The summed E-state index contributed by atoms with van der Waals surface area (Å²) in [4.78, 5) is 38.3. The molecule has 2 aromatic carbocycles. The van der Waals surface area contributed by atoms with E-state index in [0.29, 0.717) is 11.3 Å². The highest BCUT2D eigenvalue weighted by atomic mass is 79.9. The van der Waals surface area contributed by atoms with Gasteiger partial charge in [-0.1, -0.05) is 22.0 Å². The molecule has 27 heavy (non-hydrogen) atoms. The van der Waals surface area contributed by atoms with E-state index in [9.17, 15) is 14.4 Å². The van der Waals surface area contributed by atoms with Crippen LogP contribution in [0.15, 0.2) is 53.0 Å². The lowest BCUT2D eigenvalue weighted by atomic mass is 10.1. The Balaban J connectivity index is 1.57. The number of benzene rings is 2. The molecular weight excluding hydrogens is 414 g/mol. The van der Waals surface area contributed by atoms with Gasteiger partial charge in [-0.2, -0.15) is 0 Å². The number of nitrogens with one attached hydrogen (secondary N) is 2. The number of ether oxygens (including phenoxy) is 1. The Kier molecular flexibility index (Phi) is 5.75. The summed E-state index contributed by atoms with van der Waals surface area (Å²) in [7, 11) is 1.51. The highest BCUT2D eigenvalue weighted by Gasteiger charge is 2.35. The predicted molar refractivity (Wildman–Crippen MR) is 103 cm³/mol. The number of rotatable bonds is 4. The zero-order chi connectivity index (χ0) is 19.4. The summed E-state index contributed by atoms with van der Waals surface area (Å²) in [6, 6.07) is 13.9. The molecule has 3 amide bonds. The van der Waals surface area contributed by atoms with Crippen LogP contribution in [-0.2, 0) is 9.59 Å². The normalized spacial score (nSPS) is 16.1. The molecule has 0 saturated carbocycles. The number of hydrazine groups is 1. The first-order valence-electron chi connectivity index (χ1n) is 8.28. The molecule has 3 rings (SSSR count). The number of carbonyl (C=O) groups is 3. The largest absolute Gasteiger partial charge is 0.497 e. The molecule has 2 N–H and O–H groups in total. The van der Waals surface area contributed by atoms with Crippen molar-refractivity contribution in [2.24, 2.45) is 5.92 Å². The first-order chi connectivity index (χ1) is 13.0. The number of amides is 3. The Labute approximate surface area is 164 Å². The summed E-state index contributed by atoms with van der Waals surface area (Å²) < 4.78 is 5.98. The predicted octanol–water partition coefficient (Wildman–Crippen LogP) is 2.27. The van der Waals surface area contributed by atoms with Gasteiger partial charge in [0.25, 0.3) is 5.91 Å². The van der Waals surface area contributed by atoms with Gasteiger partial charge in [-0.25, -0.2) is 0 Å². The van der Waals surface area contributed by atoms with Crippen molar-refractivity contribution < 1.29 is 19.1 Å². The van der Waals surface area contributed by atoms with E-state index in [1.807, 2.05) is 24.3 Å². The molecule has 1 atom stereocenters. The number of carbonyl (C=O) groups excluding carboxylic acids is 3. The highest BCUT2D eigenvalue weighted by molar-refractivity contribution is 9.10. The lowest BCUT2D eigenvalue weighted by Gasteiger charge is -2.17. The zero-order valence-corrected chi connectivity index (χ0v) is 16.2. The number of hydrogen-bond acceptors (Lipinski definition) is 4. The zero-order valence-electron chi connectivity index (χ0n) is 14.6. The van der Waals surface area contributed by atoms with Crippen LogP contribution in [0.2, 0.25) is 0 Å². The van der Waals surface area contributed by atoms with Crippen LogP contribution in [0.4, 0.5) is 5.69 Å². The number of anilines is 1. The van der Waals surface area contributed by atoms with Crippen LogP contribution in [0, 0.1) is 5.92 Å². The number of methoxy groups -OCH3 is 1. The SMILES string of the molecule is COc1cccc(C(=O)NNC(=O)[C@@H]2CC(=O)N(c3ccc(Br)cc3)C2)c1. The van der Waals surface area contributed by atoms with E-state index in [1.54, 1.807) is 29.2 Å². The molecular formula is C19H18BrN3O4. The molecule has 1 fully saturated rings. The highest BCUT2D eigenvalue weighted by Crippen LogP contribution is 2.26. The third-order valence-corrected chi connectivity index (χ3v) is 4.79. The van der Waals surface area contributed by atoms with Gasteiger partial charge >= 0.3 is 0 Å². The maximum absolute atomic E-state index is 12.3. The fourth-order valence-electron chi connectivity index (χ4n) is 2.81. The van der Waals surface area contributed by atoms with Crippen molar-refractivity contribution in [1.82, 2.24) is 10.9 Å². The minimum atomic E-state index is -0.535. The van der Waals surface area contributed by atoms with Gasteiger partial charge in [0.1, 0.15) is 5.75 Å². The first-order valence-corrected chi connectivity index (χ1v) is 9.07. The topological polar surface area (TPSA) is 87.7 Å². The van der Waals surface area contributed by atoms with Gasteiger partial charge in [0, 0.05) is 28.7 Å².